The Labute approximate surface area is 129 Å². The van der Waals surface area contributed by atoms with Crippen molar-refractivity contribution in [2.75, 3.05) is 26.2 Å². The van der Waals surface area contributed by atoms with Crippen LogP contribution in [-0.4, -0.2) is 49.1 Å². The van der Waals surface area contributed by atoms with Crippen LogP contribution in [0.2, 0.25) is 0 Å². The van der Waals surface area contributed by atoms with Crippen molar-refractivity contribution in [2.24, 2.45) is 5.92 Å². The van der Waals surface area contributed by atoms with E-state index in [1.165, 1.54) is 64.3 Å². The van der Waals surface area contributed by atoms with E-state index in [4.69, 9.17) is 0 Å². The summed E-state index contributed by atoms with van der Waals surface area (Å²) in [4.78, 5) is 14.8. The first-order valence-electron chi connectivity index (χ1n) is 9.05. The summed E-state index contributed by atoms with van der Waals surface area (Å²) < 4.78 is 0. The van der Waals surface area contributed by atoms with Gasteiger partial charge in [-0.2, -0.15) is 0 Å². The Morgan fingerprint density at radius 3 is 2.52 bits per heavy atom. The van der Waals surface area contributed by atoms with Crippen LogP contribution < -0.4 is 10.6 Å². The monoisotopic (exact) mass is 293 g/mol. The van der Waals surface area contributed by atoms with Crippen LogP contribution in [0.3, 0.4) is 0 Å². The van der Waals surface area contributed by atoms with Crippen molar-refractivity contribution in [3.63, 3.8) is 0 Å². The smallest absolute Gasteiger partial charge is 0.234 e. The van der Waals surface area contributed by atoms with Crippen LogP contribution in [-0.2, 0) is 4.79 Å². The Kier molecular flexibility index (Phi) is 5.53. The lowest BCUT2D eigenvalue weighted by Crippen LogP contribution is -2.46. The molecule has 2 aliphatic carbocycles. The van der Waals surface area contributed by atoms with E-state index < -0.39 is 0 Å². The molecule has 120 valence electrons. The van der Waals surface area contributed by atoms with Gasteiger partial charge in [-0.3, -0.25) is 9.69 Å². The van der Waals surface area contributed by atoms with Crippen molar-refractivity contribution in [2.45, 2.75) is 69.9 Å². The van der Waals surface area contributed by atoms with E-state index in [9.17, 15) is 4.79 Å². The van der Waals surface area contributed by atoms with Crippen molar-refractivity contribution in [1.29, 1.82) is 0 Å². The highest BCUT2D eigenvalue weighted by Crippen LogP contribution is 2.28. The zero-order valence-corrected chi connectivity index (χ0v) is 13.3. The molecule has 2 saturated carbocycles. The number of carbonyl (C=O) groups excluding carboxylic acids is 1. The second kappa shape index (κ2) is 7.59. The zero-order chi connectivity index (χ0) is 14.5. The molecule has 3 fully saturated rings. The van der Waals surface area contributed by atoms with E-state index in [1.807, 2.05) is 0 Å². The molecule has 0 aromatic rings. The molecule has 21 heavy (non-hydrogen) atoms. The summed E-state index contributed by atoms with van der Waals surface area (Å²) >= 11 is 0. The molecular formula is C17H31N3O. The van der Waals surface area contributed by atoms with Crippen LogP contribution >= 0.6 is 0 Å². The molecule has 0 aromatic carbocycles. The van der Waals surface area contributed by atoms with Gasteiger partial charge >= 0.3 is 0 Å². The van der Waals surface area contributed by atoms with Crippen LogP contribution in [0.5, 0.6) is 0 Å². The maximum Gasteiger partial charge on any atom is 0.234 e. The van der Waals surface area contributed by atoms with Gasteiger partial charge in [0.1, 0.15) is 0 Å². The average molecular weight is 293 g/mol. The minimum atomic E-state index is 0.262. The normalized spacial score (nSPS) is 27.8. The Balaban J connectivity index is 1.44. The number of rotatable bonds is 6. The summed E-state index contributed by atoms with van der Waals surface area (Å²) in [6.07, 6.45) is 11.5. The third kappa shape index (κ3) is 4.96. The maximum atomic E-state index is 12.3. The molecule has 0 spiro atoms. The molecule has 0 radical (unpaired) electrons. The highest BCUT2D eigenvalue weighted by Gasteiger charge is 2.32. The van der Waals surface area contributed by atoms with Gasteiger partial charge in [0, 0.05) is 18.6 Å². The fraction of sp³-hybridized carbons (Fsp3) is 0.941. The maximum absolute atomic E-state index is 12.3. The highest BCUT2D eigenvalue weighted by atomic mass is 16.2. The molecule has 4 nitrogen and oxygen atoms in total. The topological polar surface area (TPSA) is 44.4 Å². The fourth-order valence-corrected chi connectivity index (χ4v) is 3.90. The van der Waals surface area contributed by atoms with Crippen LogP contribution in [0.1, 0.15) is 57.8 Å². The van der Waals surface area contributed by atoms with Gasteiger partial charge in [0.15, 0.2) is 0 Å². The quantitative estimate of drug-likeness (QED) is 0.786. The number of nitrogens with one attached hydrogen (secondary N) is 2. The van der Waals surface area contributed by atoms with Crippen molar-refractivity contribution < 1.29 is 4.79 Å². The molecule has 1 heterocycles. The first-order chi connectivity index (χ1) is 10.3. The van der Waals surface area contributed by atoms with Gasteiger partial charge in [-0.25, -0.2) is 0 Å². The highest BCUT2D eigenvalue weighted by molar-refractivity contribution is 5.78. The van der Waals surface area contributed by atoms with Gasteiger partial charge in [-0.1, -0.05) is 19.3 Å². The lowest BCUT2D eigenvalue weighted by molar-refractivity contribution is -0.123. The lowest BCUT2D eigenvalue weighted by Gasteiger charge is -2.30. The van der Waals surface area contributed by atoms with E-state index in [0.29, 0.717) is 18.6 Å². The summed E-state index contributed by atoms with van der Waals surface area (Å²) in [6.45, 7) is 4.03. The van der Waals surface area contributed by atoms with E-state index in [2.05, 4.69) is 15.5 Å². The van der Waals surface area contributed by atoms with Gasteiger partial charge in [-0.05, 0) is 57.5 Å². The number of amides is 1. The van der Waals surface area contributed by atoms with Gasteiger partial charge in [0.05, 0.1) is 6.54 Å². The number of hydrogen-bond donors (Lipinski definition) is 2. The molecule has 1 atom stereocenters. The van der Waals surface area contributed by atoms with Crippen molar-refractivity contribution in [3.8, 4) is 0 Å². The largest absolute Gasteiger partial charge is 0.352 e. The third-order valence-electron chi connectivity index (χ3n) is 5.27. The Bertz CT molecular complexity index is 331. The van der Waals surface area contributed by atoms with Crippen LogP contribution in [0, 0.1) is 5.92 Å². The van der Waals surface area contributed by atoms with Crippen LogP contribution in [0.4, 0.5) is 0 Å². The van der Waals surface area contributed by atoms with E-state index in [-0.39, 0.29) is 5.91 Å². The second-order valence-corrected chi connectivity index (χ2v) is 7.28. The molecule has 0 aromatic heterocycles. The SMILES string of the molecule is O=C(CN(CC1CCCNC1)C1CC1)NC1CCCCC1. The number of nitrogens with zero attached hydrogens (tertiary/aromatic N) is 1. The minimum absolute atomic E-state index is 0.262. The molecule has 0 bridgehead atoms. The summed E-state index contributed by atoms with van der Waals surface area (Å²) in [5.41, 5.74) is 0. The van der Waals surface area contributed by atoms with Crippen molar-refractivity contribution in [3.05, 3.63) is 0 Å². The molecule has 3 aliphatic rings. The first kappa shape index (κ1) is 15.3. The number of piperidine rings is 1. The Hall–Kier alpha value is -0.610. The summed E-state index contributed by atoms with van der Waals surface area (Å²) in [7, 11) is 0. The van der Waals surface area contributed by atoms with E-state index in [0.717, 1.165) is 19.0 Å². The molecule has 1 amide bonds. The second-order valence-electron chi connectivity index (χ2n) is 7.28. The molecule has 2 N–H and O–H groups in total. The third-order valence-corrected chi connectivity index (χ3v) is 5.27. The molecule has 1 aliphatic heterocycles. The summed E-state index contributed by atoms with van der Waals surface area (Å²) in [6, 6.07) is 1.13. The van der Waals surface area contributed by atoms with Gasteiger partial charge in [0.25, 0.3) is 0 Å². The van der Waals surface area contributed by atoms with Crippen molar-refractivity contribution >= 4 is 5.91 Å². The summed E-state index contributed by atoms with van der Waals surface area (Å²) in [5.74, 6) is 0.999. The molecular weight excluding hydrogens is 262 g/mol. The van der Waals surface area contributed by atoms with Crippen LogP contribution in [0.15, 0.2) is 0 Å². The van der Waals surface area contributed by atoms with Crippen LogP contribution in [0.25, 0.3) is 0 Å². The predicted octanol–water partition coefficient (Wildman–Crippen LogP) is 1.90. The van der Waals surface area contributed by atoms with Gasteiger partial charge < -0.3 is 10.6 Å². The lowest BCUT2D eigenvalue weighted by atomic mass is 9.95. The molecule has 4 heteroatoms. The van der Waals surface area contributed by atoms with E-state index in [1.54, 1.807) is 0 Å². The average Bonchev–Trinajstić information content (AvgIpc) is 3.33. The molecule has 3 rings (SSSR count). The minimum Gasteiger partial charge on any atom is -0.352 e. The van der Waals surface area contributed by atoms with E-state index >= 15 is 0 Å². The fourth-order valence-electron chi connectivity index (χ4n) is 3.90. The van der Waals surface area contributed by atoms with Crippen molar-refractivity contribution in [1.82, 2.24) is 15.5 Å². The molecule has 1 saturated heterocycles. The zero-order valence-electron chi connectivity index (χ0n) is 13.3. The summed E-state index contributed by atoms with van der Waals surface area (Å²) in [5, 5.41) is 6.76. The Morgan fingerprint density at radius 2 is 1.86 bits per heavy atom. The van der Waals surface area contributed by atoms with Gasteiger partial charge in [0.2, 0.25) is 5.91 Å². The first-order valence-corrected chi connectivity index (χ1v) is 9.05. The predicted molar refractivity (Wildman–Crippen MR) is 85.2 cm³/mol. The van der Waals surface area contributed by atoms with Gasteiger partial charge in [-0.15, -0.1) is 0 Å². The standard InChI is InChI=1S/C17H31N3O/c21-17(19-15-6-2-1-3-7-15)13-20(16-8-9-16)12-14-5-4-10-18-11-14/h14-16,18H,1-13H2,(H,19,21). The number of hydrogen-bond acceptors (Lipinski definition) is 3. The molecule has 1 unspecified atom stereocenters. The Morgan fingerprint density at radius 1 is 1.05 bits per heavy atom. The number of carbonyl (C=O) groups is 1.